The Bertz CT molecular complexity index is 2090. The molecule has 0 bridgehead atoms. The molecule has 0 spiro atoms. The summed E-state index contributed by atoms with van der Waals surface area (Å²) in [6.07, 6.45) is 6.22. The molecule has 3 N–H and O–H groups in total. The van der Waals surface area contributed by atoms with Crippen molar-refractivity contribution in [3.63, 3.8) is 0 Å². The average molecular weight is 710 g/mol. The molecule has 53 heavy (non-hydrogen) atoms. The highest BCUT2D eigenvalue weighted by Gasteiger charge is 2.34. The molecule has 3 amide bonds. The van der Waals surface area contributed by atoms with Crippen LogP contribution in [0.25, 0.3) is 11.1 Å². The smallest absolute Gasteiger partial charge is 0.246 e. The first kappa shape index (κ1) is 35.5. The molecule has 10 heteroatoms. The van der Waals surface area contributed by atoms with Crippen molar-refractivity contribution in [3.8, 4) is 11.1 Å². The number of amides is 3. The number of anilines is 5. The minimum atomic E-state index is -0.170. The summed E-state index contributed by atoms with van der Waals surface area (Å²) in [4.78, 5) is 42.3. The van der Waals surface area contributed by atoms with Gasteiger partial charge in [0.25, 0.3) is 0 Å². The van der Waals surface area contributed by atoms with Crippen molar-refractivity contribution in [2.24, 2.45) is 0 Å². The lowest BCUT2D eigenvalue weighted by Gasteiger charge is -2.40. The SMILES string of the molecule is CCC(=O)N1c2ccccc2[C@H](Nc2ccc(NC(=O)Cn3cc(-c4ccc(N[C@@H]5C[C@H](C)N(C(=O)CC)c6ccccc65)cc4)cn3)cc2)C[C@@H]1C. The zero-order chi connectivity index (χ0) is 37.1. The van der Waals surface area contributed by atoms with E-state index in [-0.39, 0.29) is 48.4 Å². The lowest BCUT2D eigenvalue weighted by Crippen LogP contribution is -2.44. The predicted octanol–water partition coefficient (Wildman–Crippen LogP) is 8.57. The molecule has 4 aromatic carbocycles. The van der Waals surface area contributed by atoms with Gasteiger partial charge in [-0.1, -0.05) is 62.4 Å². The van der Waals surface area contributed by atoms with Gasteiger partial charge in [0, 0.05) is 65.1 Å². The second-order valence-corrected chi connectivity index (χ2v) is 14.0. The van der Waals surface area contributed by atoms with Gasteiger partial charge < -0.3 is 25.8 Å². The van der Waals surface area contributed by atoms with E-state index in [2.05, 4.69) is 71.3 Å². The lowest BCUT2D eigenvalue weighted by molar-refractivity contribution is -0.119. The van der Waals surface area contributed by atoms with E-state index in [9.17, 15) is 14.4 Å². The molecule has 0 aliphatic carbocycles. The number of benzene rings is 4. The molecular weight excluding hydrogens is 663 g/mol. The van der Waals surface area contributed by atoms with E-state index in [1.54, 1.807) is 10.9 Å². The van der Waals surface area contributed by atoms with Crippen LogP contribution in [0.5, 0.6) is 0 Å². The Morgan fingerprint density at radius 2 is 1.11 bits per heavy atom. The summed E-state index contributed by atoms with van der Waals surface area (Å²) < 4.78 is 1.64. The second kappa shape index (κ2) is 15.4. The Hall–Kier alpha value is -5.90. The number of nitrogens with one attached hydrogen (secondary N) is 3. The van der Waals surface area contributed by atoms with Crippen molar-refractivity contribution < 1.29 is 14.4 Å². The van der Waals surface area contributed by atoms with Gasteiger partial charge in [-0.3, -0.25) is 19.1 Å². The predicted molar refractivity (Wildman–Crippen MR) is 212 cm³/mol. The second-order valence-electron chi connectivity index (χ2n) is 14.0. The number of aromatic nitrogens is 2. The summed E-state index contributed by atoms with van der Waals surface area (Å²) >= 11 is 0. The Balaban J connectivity index is 0.941. The van der Waals surface area contributed by atoms with Crippen LogP contribution in [-0.4, -0.2) is 39.6 Å². The molecule has 4 atom stereocenters. The van der Waals surface area contributed by atoms with Crippen LogP contribution in [0.4, 0.5) is 28.4 Å². The standard InChI is InChI=1S/C43H47N7O3/c1-5-42(52)49-28(3)23-37(35-11-7-9-13-39(35)49)45-32-17-15-30(16-18-32)31-25-44-48(26-31)27-41(51)47-34-21-19-33(20-22-34)46-38-24-29(4)50(43(53)6-2)40-14-10-8-12-36(38)40/h7-22,25-26,28-29,37-38,45-46H,5-6,23-24,27H2,1-4H3,(H,47,51)/t28-,29-,37+,38+/m0/s1. The molecule has 7 rings (SSSR count). The zero-order valence-electron chi connectivity index (χ0n) is 30.8. The monoisotopic (exact) mass is 709 g/mol. The van der Waals surface area contributed by atoms with Crippen LogP contribution in [0.3, 0.4) is 0 Å². The fraction of sp³-hybridized carbons (Fsp3) is 0.302. The van der Waals surface area contributed by atoms with Crippen molar-refractivity contribution in [1.29, 1.82) is 0 Å². The fourth-order valence-electron chi connectivity index (χ4n) is 7.76. The summed E-state index contributed by atoms with van der Waals surface area (Å²) in [5, 5.41) is 14.8. The molecule has 0 fully saturated rings. The number of rotatable bonds is 10. The van der Waals surface area contributed by atoms with Crippen LogP contribution < -0.4 is 25.8 Å². The van der Waals surface area contributed by atoms with E-state index in [4.69, 9.17) is 0 Å². The number of fused-ring (bicyclic) bond motifs is 2. The number of para-hydroxylation sites is 2. The first-order chi connectivity index (χ1) is 25.7. The van der Waals surface area contributed by atoms with Gasteiger partial charge in [-0.2, -0.15) is 5.10 Å². The molecule has 3 heterocycles. The topological polar surface area (TPSA) is 112 Å². The van der Waals surface area contributed by atoms with E-state index in [0.717, 1.165) is 57.8 Å². The zero-order valence-corrected chi connectivity index (χ0v) is 30.8. The van der Waals surface area contributed by atoms with Crippen molar-refractivity contribution in [2.45, 2.75) is 84.1 Å². The van der Waals surface area contributed by atoms with Crippen LogP contribution in [0.2, 0.25) is 0 Å². The molecule has 0 unspecified atom stereocenters. The van der Waals surface area contributed by atoms with Gasteiger partial charge in [-0.05, 0) is 91.9 Å². The van der Waals surface area contributed by atoms with Crippen molar-refractivity contribution in [3.05, 3.63) is 121 Å². The van der Waals surface area contributed by atoms with Crippen LogP contribution in [0, 0.1) is 0 Å². The summed E-state index contributed by atoms with van der Waals surface area (Å²) in [7, 11) is 0. The van der Waals surface area contributed by atoms with Gasteiger partial charge >= 0.3 is 0 Å². The minimum absolute atomic E-state index is 0.0621. The maximum Gasteiger partial charge on any atom is 0.246 e. The van der Waals surface area contributed by atoms with E-state index in [1.807, 2.05) is 90.5 Å². The summed E-state index contributed by atoms with van der Waals surface area (Å²) in [5.41, 5.74) is 8.74. The molecule has 1 aromatic heterocycles. The normalized spacial score (nSPS) is 19.2. The van der Waals surface area contributed by atoms with Crippen LogP contribution in [0.1, 0.15) is 76.6 Å². The number of carbonyl (C=O) groups is 3. The Morgan fingerprint density at radius 1 is 0.642 bits per heavy atom. The summed E-state index contributed by atoms with van der Waals surface area (Å²) in [5.74, 6) is 0.107. The molecular formula is C43H47N7O3. The molecule has 272 valence electrons. The van der Waals surface area contributed by atoms with Gasteiger partial charge in [0.05, 0.1) is 18.3 Å². The number of hydrogen-bond acceptors (Lipinski definition) is 6. The Labute approximate surface area is 311 Å². The fourth-order valence-corrected chi connectivity index (χ4v) is 7.76. The third-order valence-corrected chi connectivity index (χ3v) is 10.3. The number of carbonyl (C=O) groups excluding carboxylic acids is 3. The van der Waals surface area contributed by atoms with E-state index in [1.165, 1.54) is 0 Å². The largest absolute Gasteiger partial charge is 0.378 e. The van der Waals surface area contributed by atoms with Crippen molar-refractivity contribution in [2.75, 3.05) is 25.8 Å². The Morgan fingerprint density at radius 3 is 1.62 bits per heavy atom. The molecule has 2 aliphatic rings. The van der Waals surface area contributed by atoms with Gasteiger partial charge in [-0.15, -0.1) is 0 Å². The maximum absolute atomic E-state index is 13.0. The molecule has 10 nitrogen and oxygen atoms in total. The van der Waals surface area contributed by atoms with Crippen LogP contribution in [0.15, 0.2) is 109 Å². The lowest BCUT2D eigenvalue weighted by atomic mass is 9.91. The van der Waals surface area contributed by atoms with Crippen molar-refractivity contribution >= 4 is 46.2 Å². The molecule has 0 saturated carbocycles. The van der Waals surface area contributed by atoms with Crippen LogP contribution in [-0.2, 0) is 20.9 Å². The third kappa shape index (κ3) is 7.53. The highest BCUT2D eigenvalue weighted by Crippen LogP contribution is 2.41. The highest BCUT2D eigenvalue weighted by atomic mass is 16.2. The quantitative estimate of drug-likeness (QED) is 0.134. The van der Waals surface area contributed by atoms with Crippen molar-refractivity contribution in [1.82, 2.24) is 9.78 Å². The van der Waals surface area contributed by atoms with E-state index in [0.29, 0.717) is 18.5 Å². The van der Waals surface area contributed by atoms with Gasteiger partial charge in [-0.25, -0.2) is 0 Å². The highest BCUT2D eigenvalue weighted by molar-refractivity contribution is 5.96. The average Bonchev–Trinajstić information content (AvgIpc) is 3.63. The van der Waals surface area contributed by atoms with E-state index < -0.39 is 0 Å². The van der Waals surface area contributed by atoms with Gasteiger partial charge in [0.15, 0.2) is 0 Å². The summed E-state index contributed by atoms with van der Waals surface area (Å²) in [6.45, 7) is 8.10. The first-order valence-corrected chi connectivity index (χ1v) is 18.6. The van der Waals surface area contributed by atoms with Crippen LogP contribution >= 0.6 is 0 Å². The van der Waals surface area contributed by atoms with Gasteiger partial charge in [0.1, 0.15) is 6.54 Å². The molecule has 0 radical (unpaired) electrons. The van der Waals surface area contributed by atoms with E-state index >= 15 is 0 Å². The number of nitrogens with zero attached hydrogens (tertiary/aromatic N) is 4. The van der Waals surface area contributed by atoms with Gasteiger partial charge in [0.2, 0.25) is 17.7 Å². The first-order valence-electron chi connectivity index (χ1n) is 18.6. The molecule has 0 saturated heterocycles. The third-order valence-electron chi connectivity index (χ3n) is 10.3. The number of hydrogen-bond donors (Lipinski definition) is 3. The molecule has 5 aromatic rings. The minimum Gasteiger partial charge on any atom is -0.378 e. The Kier molecular flexibility index (Phi) is 10.3. The maximum atomic E-state index is 13.0. The molecule has 2 aliphatic heterocycles. The summed E-state index contributed by atoms with van der Waals surface area (Å²) in [6, 6.07) is 32.5.